The molecule has 1 aliphatic heterocycles. The number of benzene rings is 1. The van der Waals surface area contributed by atoms with E-state index in [1.165, 1.54) is 27.7 Å². The SMILES string of the molecule is CCOc1ccc2[nH]c3c(c2c1)CCNC3c1ncccc1C. The minimum absolute atomic E-state index is 0.128. The number of hydrogen-bond acceptors (Lipinski definition) is 3. The molecule has 0 bridgehead atoms. The molecule has 1 aromatic carbocycles. The molecule has 23 heavy (non-hydrogen) atoms. The van der Waals surface area contributed by atoms with Gasteiger partial charge in [-0.15, -0.1) is 0 Å². The van der Waals surface area contributed by atoms with Crippen molar-refractivity contribution in [3.05, 3.63) is 59.0 Å². The summed E-state index contributed by atoms with van der Waals surface area (Å²) in [5.41, 5.74) is 6.11. The average molecular weight is 307 g/mol. The van der Waals surface area contributed by atoms with Gasteiger partial charge in [0.1, 0.15) is 5.75 Å². The molecule has 0 radical (unpaired) electrons. The highest BCUT2D eigenvalue weighted by molar-refractivity contribution is 5.86. The number of nitrogens with zero attached hydrogens (tertiary/aromatic N) is 1. The Kier molecular flexibility index (Phi) is 3.54. The van der Waals surface area contributed by atoms with E-state index in [4.69, 9.17) is 4.74 Å². The van der Waals surface area contributed by atoms with Gasteiger partial charge >= 0.3 is 0 Å². The zero-order valence-corrected chi connectivity index (χ0v) is 13.5. The Morgan fingerprint density at radius 2 is 2.22 bits per heavy atom. The quantitative estimate of drug-likeness (QED) is 0.778. The summed E-state index contributed by atoms with van der Waals surface area (Å²) in [7, 11) is 0. The van der Waals surface area contributed by atoms with Gasteiger partial charge in [-0.2, -0.15) is 0 Å². The molecule has 4 heteroatoms. The topological polar surface area (TPSA) is 49.9 Å². The maximum Gasteiger partial charge on any atom is 0.120 e. The Labute approximate surface area is 135 Å². The van der Waals surface area contributed by atoms with Crippen LogP contribution in [0.1, 0.15) is 35.5 Å². The van der Waals surface area contributed by atoms with Gasteiger partial charge < -0.3 is 15.0 Å². The summed E-state index contributed by atoms with van der Waals surface area (Å²) in [5, 5.41) is 4.88. The van der Waals surface area contributed by atoms with Crippen LogP contribution in [-0.2, 0) is 6.42 Å². The highest BCUT2D eigenvalue weighted by Crippen LogP contribution is 2.35. The average Bonchev–Trinajstić information content (AvgIpc) is 2.94. The van der Waals surface area contributed by atoms with Gasteiger partial charge in [0, 0.05) is 29.3 Å². The number of aromatic amines is 1. The Morgan fingerprint density at radius 3 is 3.04 bits per heavy atom. The third-order valence-electron chi connectivity index (χ3n) is 4.56. The van der Waals surface area contributed by atoms with Crippen LogP contribution in [0.3, 0.4) is 0 Å². The van der Waals surface area contributed by atoms with E-state index in [1.807, 2.05) is 25.3 Å². The number of fused-ring (bicyclic) bond motifs is 3. The van der Waals surface area contributed by atoms with Crippen molar-refractivity contribution >= 4 is 10.9 Å². The van der Waals surface area contributed by atoms with Crippen LogP contribution >= 0.6 is 0 Å². The molecule has 3 aromatic rings. The fraction of sp³-hybridized carbons (Fsp3) is 0.316. The smallest absolute Gasteiger partial charge is 0.120 e. The fourth-order valence-corrected chi connectivity index (χ4v) is 3.50. The lowest BCUT2D eigenvalue weighted by Gasteiger charge is -2.25. The number of ether oxygens (including phenoxy) is 1. The Bertz CT molecular complexity index is 853. The monoisotopic (exact) mass is 307 g/mol. The lowest BCUT2D eigenvalue weighted by Crippen LogP contribution is -2.31. The Balaban J connectivity index is 1.85. The number of H-pyrrole nitrogens is 1. The molecule has 0 saturated carbocycles. The second-order valence-corrected chi connectivity index (χ2v) is 6.00. The van der Waals surface area contributed by atoms with Crippen molar-refractivity contribution in [1.82, 2.24) is 15.3 Å². The van der Waals surface area contributed by atoms with E-state index in [1.54, 1.807) is 0 Å². The summed E-state index contributed by atoms with van der Waals surface area (Å²) in [6.45, 7) is 5.78. The molecule has 0 aliphatic carbocycles. The highest BCUT2D eigenvalue weighted by Gasteiger charge is 2.27. The Hall–Kier alpha value is -2.33. The summed E-state index contributed by atoms with van der Waals surface area (Å²) < 4.78 is 5.66. The van der Waals surface area contributed by atoms with Crippen LogP contribution in [-0.4, -0.2) is 23.1 Å². The molecule has 2 N–H and O–H groups in total. The summed E-state index contributed by atoms with van der Waals surface area (Å²) >= 11 is 0. The van der Waals surface area contributed by atoms with Crippen molar-refractivity contribution in [2.75, 3.05) is 13.2 Å². The maximum atomic E-state index is 5.66. The minimum Gasteiger partial charge on any atom is -0.494 e. The zero-order chi connectivity index (χ0) is 15.8. The fourth-order valence-electron chi connectivity index (χ4n) is 3.50. The first kappa shape index (κ1) is 14.3. The van der Waals surface area contributed by atoms with Gasteiger partial charge in [-0.05, 0) is 55.7 Å². The summed E-state index contributed by atoms with van der Waals surface area (Å²) in [4.78, 5) is 8.21. The molecule has 0 amide bonds. The number of pyridine rings is 1. The van der Waals surface area contributed by atoms with Crippen LogP contribution < -0.4 is 10.1 Å². The molecule has 2 aromatic heterocycles. The van der Waals surface area contributed by atoms with Crippen LogP contribution in [0.15, 0.2) is 36.5 Å². The first-order valence-corrected chi connectivity index (χ1v) is 8.20. The molecule has 3 heterocycles. The summed E-state index contributed by atoms with van der Waals surface area (Å²) in [6.07, 6.45) is 2.89. The predicted molar refractivity (Wildman–Crippen MR) is 92.0 cm³/mol. The number of aryl methyl sites for hydroxylation is 1. The molecule has 0 saturated heterocycles. The molecule has 1 unspecified atom stereocenters. The van der Waals surface area contributed by atoms with Gasteiger partial charge in [0.05, 0.1) is 18.3 Å². The number of hydrogen-bond donors (Lipinski definition) is 2. The zero-order valence-electron chi connectivity index (χ0n) is 13.5. The maximum absolute atomic E-state index is 5.66. The lowest BCUT2D eigenvalue weighted by molar-refractivity contribution is 0.340. The molecule has 0 spiro atoms. The summed E-state index contributed by atoms with van der Waals surface area (Å²) in [5.74, 6) is 0.936. The van der Waals surface area contributed by atoms with Crippen LogP contribution in [0.25, 0.3) is 10.9 Å². The molecular formula is C19H21N3O. The van der Waals surface area contributed by atoms with E-state index in [0.29, 0.717) is 6.61 Å². The lowest BCUT2D eigenvalue weighted by atomic mass is 9.95. The molecule has 1 atom stereocenters. The summed E-state index contributed by atoms with van der Waals surface area (Å²) in [6, 6.07) is 10.5. The second kappa shape index (κ2) is 5.70. The van der Waals surface area contributed by atoms with Crippen LogP contribution in [0.2, 0.25) is 0 Å². The molecular weight excluding hydrogens is 286 g/mol. The van der Waals surface area contributed by atoms with Gasteiger partial charge in [0.25, 0.3) is 0 Å². The second-order valence-electron chi connectivity index (χ2n) is 6.00. The van der Waals surface area contributed by atoms with E-state index in [-0.39, 0.29) is 6.04 Å². The van der Waals surface area contributed by atoms with Crippen molar-refractivity contribution in [2.45, 2.75) is 26.3 Å². The van der Waals surface area contributed by atoms with Crippen LogP contribution in [0, 0.1) is 6.92 Å². The van der Waals surface area contributed by atoms with Gasteiger partial charge in [0.15, 0.2) is 0 Å². The van der Waals surface area contributed by atoms with E-state index in [2.05, 4.69) is 40.4 Å². The minimum atomic E-state index is 0.128. The number of nitrogens with one attached hydrogen (secondary N) is 2. The van der Waals surface area contributed by atoms with Crippen molar-refractivity contribution < 1.29 is 4.74 Å². The third-order valence-corrected chi connectivity index (χ3v) is 4.56. The largest absolute Gasteiger partial charge is 0.494 e. The van der Waals surface area contributed by atoms with Crippen molar-refractivity contribution in [1.29, 1.82) is 0 Å². The first-order valence-electron chi connectivity index (χ1n) is 8.20. The highest BCUT2D eigenvalue weighted by atomic mass is 16.5. The first-order chi connectivity index (χ1) is 11.3. The Morgan fingerprint density at radius 1 is 1.30 bits per heavy atom. The molecule has 1 aliphatic rings. The standard InChI is InChI=1S/C19H21N3O/c1-3-23-13-6-7-16-15(11-13)14-8-10-21-19(18(14)22-16)17-12(2)5-4-9-20-17/h4-7,9,11,19,21-22H,3,8,10H2,1-2H3. The predicted octanol–water partition coefficient (Wildman–Crippen LogP) is 3.51. The van der Waals surface area contributed by atoms with Gasteiger partial charge in [-0.3, -0.25) is 4.98 Å². The molecule has 4 rings (SSSR count). The van der Waals surface area contributed by atoms with Gasteiger partial charge in [0.2, 0.25) is 0 Å². The normalized spacial score (nSPS) is 17.2. The molecule has 4 nitrogen and oxygen atoms in total. The molecule has 0 fully saturated rings. The van der Waals surface area contributed by atoms with Gasteiger partial charge in [-0.25, -0.2) is 0 Å². The van der Waals surface area contributed by atoms with E-state index < -0.39 is 0 Å². The van der Waals surface area contributed by atoms with Crippen molar-refractivity contribution in [3.8, 4) is 5.75 Å². The van der Waals surface area contributed by atoms with Gasteiger partial charge in [-0.1, -0.05) is 6.07 Å². The van der Waals surface area contributed by atoms with Crippen molar-refractivity contribution in [3.63, 3.8) is 0 Å². The number of rotatable bonds is 3. The van der Waals surface area contributed by atoms with E-state index in [0.717, 1.165) is 24.4 Å². The van der Waals surface area contributed by atoms with Crippen LogP contribution in [0.5, 0.6) is 5.75 Å². The van der Waals surface area contributed by atoms with Crippen LogP contribution in [0.4, 0.5) is 0 Å². The van der Waals surface area contributed by atoms with E-state index >= 15 is 0 Å². The molecule has 118 valence electrons. The van der Waals surface area contributed by atoms with E-state index in [9.17, 15) is 0 Å². The number of aromatic nitrogens is 2. The third kappa shape index (κ3) is 2.39. The van der Waals surface area contributed by atoms with Crippen molar-refractivity contribution in [2.24, 2.45) is 0 Å².